The molecule has 0 spiro atoms. The molecule has 204 valence electrons. The molecular formula is C31H30F4N2O2. The van der Waals surface area contributed by atoms with Crippen molar-refractivity contribution in [2.24, 2.45) is 0 Å². The Kier molecular flexibility index (Phi) is 9.41. The smallest absolute Gasteiger partial charge is 0.387 e. The monoisotopic (exact) mass is 538 g/mol. The quantitative estimate of drug-likeness (QED) is 0.183. The number of nitrogens with zero attached hydrogens (tertiary/aromatic N) is 2. The standard InChI is InChI=1S/C31H30F4N2O2/c1-3-7-21(8-4-2)17-26(23-11-13-27(38-30(32)33)28(18-23)39-31(34)35)24-12-14-29(36-19-24)37-16-15-22-9-5-6-10-25(22)20-37/h3-14,18-19,26,30-31H,1,15-17,20H2,2H3/b8-4-,21-7+. The van der Waals surface area contributed by atoms with Gasteiger partial charge in [-0.15, -0.1) is 0 Å². The number of halogens is 4. The number of anilines is 1. The van der Waals surface area contributed by atoms with Crippen molar-refractivity contribution in [1.29, 1.82) is 0 Å². The molecule has 0 radical (unpaired) electrons. The molecule has 1 unspecified atom stereocenters. The summed E-state index contributed by atoms with van der Waals surface area (Å²) in [7, 11) is 0. The first kappa shape index (κ1) is 28.0. The second-order valence-electron chi connectivity index (χ2n) is 9.09. The van der Waals surface area contributed by atoms with Gasteiger partial charge in [-0.25, -0.2) is 4.98 Å². The minimum absolute atomic E-state index is 0.336. The molecule has 0 N–H and O–H groups in total. The number of allylic oxidation sites excluding steroid dienone is 5. The van der Waals surface area contributed by atoms with Crippen LogP contribution in [0.25, 0.3) is 0 Å². The van der Waals surface area contributed by atoms with Gasteiger partial charge in [-0.2, -0.15) is 17.6 Å². The summed E-state index contributed by atoms with van der Waals surface area (Å²) < 4.78 is 60.9. The maximum Gasteiger partial charge on any atom is 0.387 e. The lowest BCUT2D eigenvalue weighted by atomic mass is 9.86. The van der Waals surface area contributed by atoms with Crippen LogP contribution in [-0.2, 0) is 13.0 Å². The van der Waals surface area contributed by atoms with Crippen molar-refractivity contribution < 1.29 is 27.0 Å². The van der Waals surface area contributed by atoms with Crippen molar-refractivity contribution in [3.63, 3.8) is 0 Å². The third-order valence-corrected chi connectivity index (χ3v) is 6.58. The van der Waals surface area contributed by atoms with E-state index < -0.39 is 24.7 Å². The number of alkyl halides is 4. The fraction of sp³-hybridized carbons (Fsp3) is 0.258. The zero-order chi connectivity index (χ0) is 27.8. The highest BCUT2D eigenvalue weighted by atomic mass is 19.3. The Hall–Kier alpha value is -4.07. The highest BCUT2D eigenvalue weighted by Crippen LogP contribution is 2.38. The summed E-state index contributed by atoms with van der Waals surface area (Å²) >= 11 is 0. The van der Waals surface area contributed by atoms with Crippen molar-refractivity contribution in [2.75, 3.05) is 11.4 Å². The molecule has 1 aliphatic heterocycles. The lowest BCUT2D eigenvalue weighted by Gasteiger charge is -2.30. The van der Waals surface area contributed by atoms with Crippen molar-refractivity contribution in [1.82, 2.24) is 4.98 Å². The first-order chi connectivity index (χ1) is 18.9. The van der Waals surface area contributed by atoms with E-state index in [1.54, 1.807) is 18.3 Å². The van der Waals surface area contributed by atoms with Crippen LogP contribution in [0.1, 0.15) is 41.5 Å². The van der Waals surface area contributed by atoms with Gasteiger partial charge in [0, 0.05) is 25.2 Å². The normalized spacial score (nSPS) is 14.5. The maximum absolute atomic E-state index is 13.1. The van der Waals surface area contributed by atoms with E-state index in [1.807, 2.05) is 43.4 Å². The maximum atomic E-state index is 13.1. The third kappa shape index (κ3) is 7.28. The summed E-state index contributed by atoms with van der Waals surface area (Å²) in [4.78, 5) is 6.96. The number of hydrogen-bond donors (Lipinski definition) is 0. The van der Waals surface area contributed by atoms with E-state index in [0.717, 1.165) is 36.5 Å². The van der Waals surface area contributed by atoms with E-state index in [9.17, 15) is 17.6 Å². The van der Waals surface area contributed by atoms with Gasteiger partial charge in [-0.1, -0.05) is 67.3 Å². The molecule has 39 heavy (non-hydrogen) atoms. The summed E-state index contributed by atoms with van der Waals surface area (Å²) in [6, 6.07) is 16.4. The largest absolute Gasteiger partial charge is 0.431 e. The van der Waals surface area contributed by atoms with E-state index in [1.165, 1.54) is 23.3 Å². The number of aromatic nitrogens is 1. The number of hydrogen-bond acceptors (Lipinski definition) is 4. The van der Waals surface area contributed by atoms with Gasteiger partial charge in [-0.3, -0.25) is 0 Å². The Bertz CT molecular complexity index is 1320. The van der Waals surface area contributed by atoms with E-state index in [2.05, 4.69) is 39.2 Å². The van der Waals surface area contributed by atoms with Gasteiger partial charge in [0.1, 0.15) is 5.82 Å². The number of benzene rings is 2. The van der Waals surface area contributed by atoms with Crippen LogP contribution >= 0.6 is 0 Å². The molecule has 2 aromatic carbocycles. The SMILES string of the molecule is C=C/C=C(\C=C/C)CC(c1ccc(N2CCc3ccccc3C2)nc1)c1ccc(OC(F)F)c(OC(F)F)c1. The lowest BCUT2D eigenvalue weighted by molar-refractivity contribution is -0.0692. The molecule has 2 heterocycles. The van der Waals surface area contributed by atoms with Crippen LogP contribution in [0, 0.1) is 0 Å². The average molecular weight is 539 g/mol. The van der Waals surface area contributed by atoms with E-state index in [0.29, 0.717) is 12.0 Å². The molecule has 0 saturated heterocycles. The van der Waals surface area contributed by atoms with E-state index in [-0.39, 0.29) is 5.92 Å². The Labute approximate surface area is 225 Å². The topological polar surface area (TPSA) is 34.6 Å². The van der Waals surface area contributed by atoms with E-state index >= 15 is 0 Å². The predicted molar refractivity (Wildman–Crippen MR) is 145 cm³/mol. The molecule has 0 saturated carbocycles. The summed E-state index contributed by atoms with van der Waals surface area (Å²) in [5.41, 5.74) is 4.99. The second-order valence-corrected chi connectivity index (χ2v) is 9.09. The summed E-state index contributed by atoms with van der Waals surface area (Å²) in [5.74, 6) is -0.409. The van der Waals surface area contributed by atoms with Crippen LogP contribution in [-0.4, -0.2) is 24.8 Å². The fourth-order valence-electron chi connectivity index (χ4n) is 4.83. The third-order valence-electron chi connectivity index (χ3n) is 6.58. The van der Waals surface area contributed by atoms with Crippen LogP contribution in [0.2, 0.25) is 0 Å². The highest BCUT2D eigenvalue weighted by Gasteiger charge is 2.22. The van der Waals surface area contributed by atoms with Gasteiger partial charge in [-0.05, 0) is 65.8 Å². The fourth-order valence-corrected chi connectivity index (χ4v) is 4.83. The van der Waals surface area contributed by atoms with Crippen molar-refractivity contribution in [3.05, 3.63) is 120 Å². The zero-order valence-corrected chi connectivity index (χ0v) is 21.6. The number of ether oxygens (including phenoxy) is 2. The molecule has 4 nitrogen and oxygen atoms in total. The molecule has 1 aromatic heterocycles. The molecule has 0 amide bonds. The van der Waals surface area contributed by atoms with Crippen LogP contribution in [0.4, 0.5) is 23.4 Å². The van der Waals surface area contributed by atoms with Gasteiger partial charge in [0.15, 0.2) is 11.5 Å². The molecule has 0 aliphatic carbocycles. The molecule has 1 aliphatic rings. The van der Waals surface area contributed by atoms with Crippen molar-refractivity contribution in [3.8, 4) is 11.5 Å². The minimum atomic E-state index is -3.20. The van der Waals surface area contributed by atoms with Crippen molar-refractivity contribution in [2.45, 2.75) is 45.5 Å². The van der Waals surface area contributed by atoms with Crippen LogP contribution in [0.15, 0.2) is 97.3 Å². The second kappa shape index (κ2) is 13.1. The van der Waals surface area contributed by atoms with Gasteiger partial charge >= 0.3 is 13.2 Å². The Morgan fingerprint density at radius 1 is 0.974 bits per heavy atom. The van der Waals surface area contributed by atoms with E-state index in [4.69, 9.17) is 4.98 Å². The molecule has 0 bridgehead atoms. The number of rotatable bonds is 11. The van der Waals surface area contributed by atoms with Crippen LogP contribution in [0.3, 0.4) is 0 Å². The number of pyridine rings is 1. The molecule has 1 atom stereocenters. The lowest BCUT2D eigenvalue weighted by Crippen LogP contribution is -2.30. The molecule has 0 fully saturated rings. The first-order valence-corrected chi connectivity index (χ1v) is 12.6. The molecule has 4 rings (SSSR count). The first-order valence-electron chi connectivity index (χ1n) is 12.6. The van der Waals surface area contributed by atoms with Crippen molar-refractivity contribution >= 4 is 5.82 Å². The van der Waals surface area contributed by atoms with Gasteiger partial charge in [0.2, 0.25) is 0 Å². The average Bonchev–Trinajstić information content (AvgIpc) is 2.92. The van der Waals surface area contributed by atoms with Gasteiger partial charge < -0.3 is 14.4 Å². The zero-order valence-electron chi connectivity index (χ0n) is 21.6. The van der Waals surface area contributed by atoms with Crippen LogP contribution < -0.4 is 14.4 Å². The Balaban J connectivity index is 1.68. The summed E-state index contributed by atoms with van der Waals surface area (Å²) in [5, 5.41) is 0. The summed E-state index contributed by atoms with van der Waals surface area (Å²) in [6.07, 6.45) is 10.6. The minimum Gasteiger partial charge on any atom is -0.431 e. The van der Waals surface area contributed by atoms with Crippen LogP contribution in [0.5, 0.6) is 11.5 Å². The molecular weight excluding hydrogens is 508 g/mol. The Morgan fingerprint density at radius 3 is 2.36 bits per heavy atom. The molecule has 8 heteroatoms. The summed E-state index contributed by atoms with van der Waals surface area (Å²) in [6.45, 7) is 0.906. The van der Waals surface area contributed by atoms with Gasteiger partial charge in [0.25, 0.3) is 0 Å². The Morgan fingerprint density at radius 2 is 1.69 bits per heavy atom. The number of fused-ring (bicyclic) bond motifs is 1. The highest BCUT2D eigenvalue weighted by molar-refractivity contribution is 5.49. The predicted octanol–water partition coefficient (Wildman–Crippen LogP) is 8.06. The molecule has 3 aromatic rings. The van der Waals surface area contributed by atoms with Gasteiger partial charge in [0.05, 0.1) is 0 Å².